The summed E-state index contributed by atoms with van der Waals surface area (Å²) in [6.45, 7) is 6.06. The molecule has 0 aliphatic carbocycles. The monoisotopic (exact) mass is 293 g/mol. The van der Waals surface area contributed by atoms with Crippen LogP contribution in [0.1, 0.15) is 26.7 Å². The van der Waals surface area contributed by atoms with E-state index in [0.717, 1.165) is 25.1 Å². The summed E-state index contributed by atoms with van der Waals surface area (Å²) in [4.78, 5) is 14.4. The molecule has 0 unspecified atom stereocenters. The fourth-order valence-electron chi connectivity index (χ4n) is 2.36. The van der Waals surface area contributed by atoms with E-state index in [-0.39, 0.29) is 5.91 Å². The maximum atomic E-state index is 12.2. The van der Waals surface area contributed by atoms with E-state index in [1.165, 1.54) is 0 Å². The fourth-order valence-corrected chi connectivity index (χ4v) is 2.36. The van der Waals surface area contributed by atoms with Gasteiger partial charge in [-0.05, 0) is 37.1 Å². The van der Waals surface area contributed by atoms with Crippen LogP contribution in [0.4, 0.5) is 11.4 Å². The molecule has 1 amide bonds. The van der Waals surface area contributed by atoms with E-state index >= 15 is 0 Å². The Morgan fingerprint density at radius 3 is 2.43 bits per heavy atom. The molecule has 0 bridgehead atoms. The molecule has 0 saturated heterocycles. The van der Waals surface area contributed by atoms with Gasteiger partial charge in [-0.3, -0.25) is 9.69 Å². The molecular weight excluding hydrogens is 266 g/mol. The largest absolute Gasteiger partial charge is 0.399 e. The number of nitrogens with zero attached hydrogens (tertiary/aromatic N) is 1. The smallest absolute Gasteiger partial charge is 0.238 e. The Labute approximate surface area is 127 Å². The highest BCUT2D eigenvalue weighted by atomic mass is 16.5. The van der Waals surface area contributed by atoms with Gasteiger partial charge < -0.3 is 15.8 Å². The molecule has 3 N–H and O–H groups in total. The SMILES string of the molecule is CCC(CC)N(CCOC)CC(=O)Nc1ccc(N)cc1. The van der Waals surface area contributed by atoms with Crippen molar-refractivity contribution in [2.45, 2.75) is 32.7 Å². The zero-order valence-corrected chi connectivity index (χ0v) is 13.3. The van der Waals surface area contributed by atoms with Crippen LogP contribution in [0.2, 0.25) is 0 Å². The summed E-state index contributed by atoms with van der Waals surface area (Å²) in [7, 11) is 1.68. The summed E-state index contributed by atoms with van der Waals surface area (Å²) in [5.74, 6) is -0.0113. The first-order chi connectivity index (χ1) is 10.1. The Hall–Kier alpha value is -1.59. The molecular formula is C16H27N3O2. The Kier molecular flexibility index (Phi) is 7.79. The number of ether oxygens (including phenoxy) is 1. The lowest BCUT2D eigenvalue weighted by Crippen LogP contribution is -2.42. The van der Waals surface area contributed by atoms with Crippen molar-refractivity contribution in [3.63, 3.8) is 0 Å². The molecule has 21 heavy (non-hydrogen) atoms. The molecule has 0 atom stereocenters. The number of nitrogen functional groups attached to an aromatic ring is 1. The van der Waals surface area contributed by atoms with Crippen molar-refractivity contribution in [3.05, 3.63) is 24.3 Å². The van der Waals surface area contributed by atoms with Gasteiger partial charge in [-0.15, -0.1) is 0 Å². The third-order valence-electron chi connectivity index (χ3n) is 3.58. The van der Waals surface area contributed by atoms with Gasteiger partial charge in [0.25, 0.3) is 0 Å². The van der Waals surface area contributed by atoms with Crippen LogP contribution in [-0.2, 0) is 9.53 Å². The van der Waals surface area contributed by atoms with Gasteiger partial charge in [-0.2, -0.15) is 0 Å². The summed E-state index contributed by atoms with van der Waals surface area (Å²) in [5.41, 5.74) is 7.09. The lowest BCUT2D eigenvalue weighted by Gasteiger charge is -2.29. The minimum atomic E-state index is -0.0113. The second-order valence-corrected chi connectivity index (χ2v) is 5.10. The van der Waals surface area contributed by atoms with E-state index in [9.17, 15) is 4.79 Å². The number of benzene rings is 1. The number of nitrogens with one attached hydrogen (secondary N) is 1. The number of rotatable bonds is 9. The summed E-state index contributed by atoms with van der Waals surface area (Å²) in [6, 6.07) is 7.57. The van der Waals surface area contributed by atoms with Crippen LogP contribution in [-0.4, -0.2) is 43.7 Å². The van der Waals surface area contributed by atoms with Gasteiger partial charge in [-0.25, -0.2) is 0 Å². The van der Waals surface area contributed by atoms with E-state index in [2.05, 4.69) is 24.1 Å². The van der Waals surface area contributed by atoms with Crippen molar-refractivity contribution in [1.29, 1.82) is 0 Å². The molecule has 0 aromatic heterocycles. The molecule has 0 radical (unpaired) electrons. The maximum absolute atomic E-state index is 12.2. The number of anilines is 2. The lowest BCUT2D eigenvalue weighted by molar-refractivity contribution is -0.118. The quantitative estimate of drug-likeness (QED) is 0.686. The predicted octanol–water partition coefficient (Wildman–Crippen LogP) is 2.34. The molecule has 0 saturated carbocycles. The predicted molar refractivity (Wildman–Crippen MR) is 87.3 cm³/mol. The van der Waals surface area contributed by atoms with Crippen molar-refractivity contribution in [1.82, 2.24) is 4.90 Å². The molecule has 5 heteroatoms. The number of methoxy groups -OCH3 is 1. The molecule has 1 rings (SSSR count). The van der Waals surface area contributed by atoms with Gasteiger partial charge in [0.2, 0.25) is 5.91 Å². The summed E-state index contributed by atoms with van der Waals surface area (Å²) >= 11 is 0. The van der Waals surface area contributed by atoms with E-state index < -0.39 is 0 Å². The Morgan fingerprint density at radius 1 is 1.29 bits per heavy atom. The minimum absolute atomic E-state index is 0.0113. The van der Waals surface area contributed by atoms with Crippen molar-refractivity contribution in [3.8, 4) is 0 Å². The Balaban J connectivity index is 2.59. The minimum Gasteiger partial charge on any atom is -0.399 e. The summed E-state index contributed by atoms with van der Waals surface area (Å²) in [6.07, 6.45) is 2.05. The average molecular weight is 293 g/mol. The first-order valence-electron chi connectivity index (χ1n) is 7.49. The first-order valence-corrected chi connectivity index (χ1v) is 7.49. The Bertz CT molecular complexity index is 416. The van der Waals surface area contributed by atoms with Gasteiger partial charge in [0, 0.05) is 31.1 Å². The fraction of sp³-hybridized carbons (Fsp3) is 0.562. The molecule has 1 aromatic carbocycles. The summed E-state index contributed by atoms with van der Waals surface area (Å²) in [5, 5.41) is 2.90. The number of hydrogen-bond donors (Lipinski definition) is 2. The molecule has 1 aromatic rings. The van der Waals surface area contributed by atoms with Crippen LogP contribution < -0.4 is 11.1 Å². The highest BCUT2D eigenvalue weighted by molar-refractivity contribution is 5.92. The van der Waals surface area contributed by atoms with Crippen LogP contribution in [0.5, 0.6) is 0 Å². The Morgan fingerprint density at radius 2 is 1.90 bits per heavy atom. The van der Waals surface area contributed by atoms with Crippen molar-refractivity contribution >= 4 is 17.3 Å². The molecule has 0 heterocycles. The van der Waals surface area contributed by atoms with Gasteiger partial charge >= 0.3 is 0 Å². The third-order valence-corrected chi connectivity index (χ3v) is 3.58. The molecule has 0 fully saturated rings. The number of carbonyl (C=O) groups is 1. The van der Waals surface area contributed by atoms with Gasteiger partial charge in [0.05, 0.1) is 13.2 Å². The van der Waals surface area contributed by atoms with E-state index in [1.807, 2.05) is 12.1 Å². The molecule has 0 aliphatic heterocycles. The second kappa shape index (κ2) is 9.37. The molecule has 0 aliphatic rings. The highest BCUT2D eigenvalue weighted by Gasteiger charge is 2.18. The average Bonchev–Trinajstić information content (AvgIpc) is 2.48. The zero-order valence-electron chi connectivity index (χ0n) is 13.3. The number of nitrogens with two attached hydrogens (primary N) is 1. The van der Waals surface area contributed by atoms with Crippen LogP contribution in [0.25, 0.3) is 0 Å². The van der Waals surface area contributed by atoms with Crippen LogP contribution in [0, 0.1) is 0 Å². The van der Waals surface area contributed by atoms with Gasteiger partial charge in [-0.1, -0.05) is 13.8 Å². The van der Waals surface area contributed by atoms with Gasteiger partial charge in [0.15, 0.2) is 0 Å². The van der Waals surface area contributed by atoms with E-state index in [1.54, 1.807) is 19.2 Å². The summed E-state index contributed by atoms with van der Waals surface area (Å²) < 4.78 is 5.14. The highest BCUT2D eigenvalue weighted by Crippen LogP contribution is 2.12. The number of hydrogen-bond acceptors (Lipinski definition) is 4. The zero-order chi connectivity index (χ0) is 15.7. The van der Waals surface area contributed by atoms with Crippen molar-refractivity contribution in [2.24, 2.45) is 0 Å². The van der Waals surface area contributed by atoms with Crippen molar-refractivity contribution < 1.29 is 9.53 Å². The van der Waals surface area contributed by atoms with Crippen molar-refractivity contribution in [2.75, 3.05) is 37.9 Å². The van der Waals surface area contributed by atoms with Crippen LogP contribution in [0.15, 0.2) is 24.3 Å². The maximum Gasteiger partial charge on any atom is 0.238 e. The molecule has 5 nitrogen and oxygen atoms in total. The van der Waals surface area contributed by atoms with E-state index in [4.69, 9.17) is 10.5 Å². The topological polar surface area (TPSA) is 67.6 Å². The van der Waals surface area contributed by atoms with Gasteiger partial charge in [0.1, 0.15) is 0 Å². The van der Waals surface area contributed by atoms with Crippen LogP contribution in [0.3, 0.4) is 0 Å². The van der Waals surface area contributed by atoms with E-state index in [0.29, 0.717) is 24.9 Å². The standard InChI is InChI=1S/C16H27N3O2/c1-4-15(5-2)19(10-11-21-3)12-16(20)18-14-8-6-13(17)7-9-14/h6-9,15H,4-5,10-12,17H2,1-3H3,(H,18,20). The number of amides is 1. The molecule has 118 valence electrons. The number of carbonyl (C=O) groups excluding carboxylic acids is 1. The molecule has 0 spiro atoms. The first kappa shape index (κ1) is 17.5. The normalized spacial score (nSPS) is 11.1. The second-order valence-electron chi connectivity index (χ2n) is 5.10. The van der Waals surface area contributed by atoms with Crippen LogP contribution >= 0.6 is 0 Å². The third kappa shape index (κ3) is 6.14. The lowest BCUT2D eigenvalue weighted by atomic mass is 10.1.